The lowest BCUT2D eigenvalue weighted by Crippen LogP contribution is -2.37. The Labute approximate surface area is 155 Å². The lowest BCUT2D eigenvalue weighted by molar-refractivity contribution is 0.0537. The van der Waals surface area contributed by atoms with Crippen LogP contribution in [0.5, 0.6) is 5.88 Å². The van der Waals surface area contributed by atoms with Crippen LogP contribution in [0.3, 0.4) is 0 Å². The third-order valence-corrected chi connectivity index (χ3v) is 6.64. The van der Waals surface area contributed by atoms with Crippen LogP contribution in [0.2, 0.25) is 0 Å². The van der Waals surface area contributed by atoms with E-state index in [1.54, 1.807) is 0 Å². The second kappa shape index (κ2) is 5.70. The Morgan fingerprint density at radius 1 is 1.22 bits per heavy atom. The molecule has 3 N–H and O–H groups in total. The Morgan fingerprint density at radius 2 is 1.93 bits per heavy atom. The van der Waals surface area contributed by atoms with Crippen molar-refractivity contribution in [2.45, 2.75) is 43.2 Å². The molecule has 0 radical (unpaired) electrons. The first-order valence-electron chi connectivity index (χ1n) is 8.79. The SMILES string of the molecule is O=C(Nc1c2c(cc3c1CC3)CC2)NS(=O)(=O)c1cnn2c1OCC(O)C2. The zero-order valence-corrected chi connectivity index (χ0v) is 15.2. The largest absolute Gasteiger partial charge is 0.474 e. The summed E-state index contributed by atoms with van der Waals surface area (Å²) in [6.45, 7) is 0.113. The Morgan fingerprint density at radius 3 is 2.56 bits per heavy atom. The molecule has 1 aliphatic heterocycles. The lowest BCUT2D eigenvalue weighted by atomic mass is 9.76. The van der Waals surface area contributed by atoms with Gasteiger partial charge in [-0.3, -0.25) is 0 Å². The van der Waals surface area contributed by atoms with Gasteiger partial charge in [-0.25, -0.2) is 22.6 Å². The van der Waals surface area contributed by atoms with E-state index < -0.39 is 22.2 Å². The molecule has 3 aliphatic rings. The van der Waals surface area contributed by atoms with Gasteiger partial charge in [0.05, 0.1) is 12.7 Å². The van der Waals surface area contributed by atoms with Gasteiger partial charge in [0.25, 0.3) is 10.0 Å². The molecule has 1 atom stereocenters. The number of ether oxygens (including phenoxy) is 1. The molecule has 0 fully saturated rings. The van der Waals surface area contributed by atoms with E-state index in [-0.39, 0.29) is 23.9 Å². The van der Waals surface area contributed by atoms with Gasteiger partial charge in [-0.2, -0.15) is 5.10 Å². The lowest BCUT2D eigenvalue weighted by Gasteiger charge is -2.32. The standard InChI is InChI=1S/C17H18N4O5S/c22-11-7-21-16(26-8-11)14(6-18-21)27(24,25)20-17(23)19-15-12-3-1-9(12)5-10-2-4-13(10)15/h5-6,11,22H,1-4,7-8H2,(H2,19,20,23). The predicted octanol–water partition coefficient (Wildman–Crippen LogP) is 0.344. The molecule has 10 heteroatoms. The van der Waals surface area contributed by atoms with Gasteiger partial charge < -0.3 is 15.2 Å². The first-order chi connectivity index (χ1) is 12.9. The number of hydrogen-bond donors (Lipinski definition) is 3. The normalized spacial score (nSPS) is 19.5. The average Bonchev–Trinajstić information content (AvgIpc) is 2.95. The number of benzene rings is 1. The molecule has 1 unspecified atom stereocenters. The van der Waals surface area contributed by atoms with Crippen molar-refractivity contribution < 1.29 is 23.1 Å². The van der Waals surface area contributed by atoms with Crippen molar-refractivity contribution in [1.29, 1.82) is 0 Å². The highest BCUT2D eigenvalue weighted by atomic mass is 32.2. The van der Waals surface area contributed by atoms with E-state index in [1.165, 1.54) is 15.8 Å². The molecule has 0 saturated carbocycles. The van der Waals surface area contributed by atoms with Crippen LogP contribution in [0.4, 0.5) is 10.5 Å². The maximum Gasteiger partial charge on any atom is 0.333 e. The number of sulfonamides is 1. The maximum absolute atomic E-state index is 12.6. The van der Waals surface area contributed by atoms with E-state index in [0.717, 1.165) is 48.7 Å². The molecule has 0 bridgehead atoms. The van der Waals surface area contributed by atoms with Crippen molar-refractivity contribution in [2.24, 2.45) is 0 Å². The van der Waals surface area contributed by atoms with Crippen LogP contribution in [0.1, 0.15) is 22.3 Å². The van der Waals surface area contributed by atoms with Crippen LogP contribution < -0.4 is 14.8 Å². The minimum Gasteiger partial charge on any atom is -0.474 e. The Bertz CT molecular complexity index is 1050. The minimum atomic E-state index is -4.16. The number of anilines is 1. The Hall–Kier alpha value is -2.59. The van der Waals surface area contributed by atoms with Gasteiger partial charge in [0.1, 0.15) is 12.7 Å². The number of hydrogen-bond acceptors (Lipinski definition) is 6. The van der Waals surface area contributed by atoms with Crippen molar-refractivity contribution in [2.75, 3.05) is 11.9 Å². The number of aliphatic hydroxyl groups excluding tert-OH is 1. The predicted molar refractivity (Wildman–Crippen MR) is 94.3 cm³/mol. The second-order valence-corrected chi connectivity index (χ2v) is 8.70. The number of rotatable bonds is 3. The number of nitrogens with one attached hydrogen (secondary N) is 2. The average molecular weight is 390 g/mol. The summed E-state index contributed by atoms with van der Waals surface area (Å²) >= 11 is 0. The molecule has 0 saturated heterocycles. The van der Waals surface area contributed by atoms with Gasteiger partial charge in [0.2, 0.25) is 5.88 Å². The number of aromatic nitrogens is 2. The first kappa shape index (κ1) is 16.6. The minimum absolute atomic E-state index is 0.0218. The molecule has 5 rings (SSSR count). The van der Waals surface area contributed by atoms with Crippen LogP contribution in [0.15, 0.2) is 17.2 Å². The number of carbonyl (C=O) groups excluding carboxylic acids is 1. The molecule has 2 aromatic rings. The highest BCUT2D eigenvalue weighted by molar-refractivity contribution is 7.90. The molecule has 2 amide bonds. The van der Waals surface area contributed by atoms with E-state index in [1.807, 2.05) is 4.72 Å². The van der Waals surface area contributed by atoms with Gasteiger partial charge in [-0.05, 0) is 47.9 Å². The van der Waals surface area contributed by atoms with Crippen LogP contribution in [-0.2, 0) is 42.3 Å². The summed E-state index contributed by atoms with van der Waals surface area (Å²) in [5.41, 5.74) is 5.40. The van der Waals surface area contributed by atoms with Gasteiger partial charge in [0, 0.05) is 5.69 Å². The Balaban J connectivity index is 1.38. The molecule has 1 aromatic carbocycles. The molecular weight excluding hydrogens is 372 g/mol. The van der Waals surface area contributed by atoms with Gasteiger partial charge in [0.15, 0.2) is 4.90 Å². The molecule has 27 heavy (non-hydrogen) atoms. The molecule has 0 spiro atoms. The van der Waals surface area contributed by atoms with Crippen LogP contribution in [0, 0.1) is 0 Å². The van der Waals surface area contributed by atoms with Crippen molar-refractivity contribution in [3.05, 3.63) is 34.5 Å². The van der Waals surface area contributed by atoms with Crippen molar-refractivity contribution in [3.63, 3.8) is 0 Å². The van der Waals surface area contributed by atoms with Gasteiger partial charge in [-0.1, -0.05) is 6.07 Å². The summed E-state index contributed by atoms with van der Waals surface area (Å²) < 4.78 is 33.8. The number of urea groups is 1. The summed E-state index contributed by atoms with van der Waals surface area (Å²) in [4.78, 5) is 12.2. The van der Waals surface area contributed by atoms with Crippen LogP contribution in [-0.4, -0.2) is 42.0 Å². The quantitative estimate of drug-likeness (QED) is 0.695. The summed E-state index contributed by atoms with van der Waals surface area (Å²) in [5.74, 6) is 0.0218. The first-order valence-corrected chi connectivity index (χ1v) is 10.3. The second-order valence-electron chi connectivity index (χ2n) is 7.05. The van der Waals surface area contributed by atoms with Gasteiger partial charge >= 0.3 is 6.03 Å². The van der Waals surface area contributed by atoms with E-state index in [9.17, 15) is 18.3 Å². The number of aryl methyl sites for hydroxylation is 2. The van der Waals surface area contributed by atoms with E-state index in [2.05, 4.69) is 16.5 Å². The highest BCUT2D eigenvalue weighted by Crippen LogP contribution is 2.40. The molecule has 9 nitrogen and oxygen atoms in total. The fourth-order valence-corrected chi connectivity index (χ4v) is 4.77. The maximum atomic E-state index is 12.6. The zero-order chi connectivity index (χ0) is 18.8. The molecule has 142 valence electrons. The zero-order valence-electron chi connectivity index (χ0n) is 14.4. The monoisotopic (exact) mass is 390 g/mol. The van der Waals surface area contributed by atoms with Gasteiger partial charge in [-0.15, -0.1) is 0 Å². The van der Waals surface area contributed by atoms with Crippen molar-refractivity contribution >= 4 is 21.7 Å². The fraction of sp³-hybridized carbons (Fsp3) is 0.412. The summed E-state index contributed by atoms with van der Waals surface area (Å²) in [6.07, 6.45) is 4.12. The van der Waals surface area contributed by atoms with Crippen LogP contribution in [0.25, 0.3) is 0 Å². The fourth-order valence-electron chi connectivity index (χ4n) is 3.78. The van der Waals surface area contributed by atoms with Crippen LogP contribution >= 0.6 is 0 Å². The van der Waals surface area contributed by atoms with E-state index in [4.69, 9.17) is 4.74 Å². The summed E-state index contributed by atoms with van der Waals surface area (Å²) in [6, 6.07) is 1.38. The van der Waals surface area contributed by atoms with Crippen molar-refractivity contribution in [1.82, 2.24) is 14.5 Å². The summed E-state index contributed by atoms with van der Waals surface area (Å²) in [5, 5.41) is 16.2. The summed E-state index contributed by atoms with van der Waals surface area (Å²) in [7, 11) is -4.16. The Kier molecular flexibility index (Phi) is 3.50. The number of amides is 2. The van der Waals surface area contributed by atoms with Crippen molar-refractivity contribution in [3.8, 4) is 5.88 Å². The smallest absolute Gasteiger partial charge is 0.333 e. The number of nitrogens with zero attached hydrogens (tertiary/aromatic N) is 2. The third kappa shape index (κ3) is 2.59. The number of carbonyl (C=O) groups is 1. The molecular formula is C17H18N4O5S. The van der Waals surface area contributed by atoms with E-state index >= 15 is 0 Å². The van der Waals surface area contributed by atoms with E-state index in [0.29, 0.717) is 0 Å². The molecule has 2 aliphatic carbocycles. The highest BCUT2D eigenvalue weighted by Gasteiger charge is 2.32. The number of fused-ring (bicyclic) bond motifs is 3. The topological polar surface area (TPSA) is 123 Å². The number of aliphatic hydroxyl groups is 1. The third-order valence-electron chi connectivity index (χ3n) is 5.33. The molecule has 2 heterocycles. The molecule has 1 aromatic heterocycles.